The lowest BCUT2D eigenvalue weighted by atomic mass is 10.3. The summed E-state index contributed by atoms with van der Waals surface area (Å²) in [6.45, 7) is 6.78. The molecule has 2 heterocycles. The van der Waals surface area contributed by atoms with Gasteiger partial charge in [0.05, 0.1) is 11.9 Å². The van der Waals surface area contributed by atoms with Crippen molar-refractivity contribution in [2.24, 2.45) is 18.0 Å². The molecule has 2 fully saturated rings. The molecule has 1 aromatic heterocycles. The molecule has 0 aromatic carbocycles. The van der Waals surface area contributed by atoms with Crippen molar-refractivity contribution in [1.29, 1.82) is 0 Å². The molecule has 1 aromatic rings. The largest absolute Gasteiger partial charge is 0.353 e. The third-order valence-electron chi connectivity index (χ3n) is 4.26. The van der Waals surface area contributed by atoms with Gasteiger partial charge in [-0.2, -0.15) is 5.10 Å². The molecular formula is C15H25IN6O. The molecular weight excluding hydrogens is 407 g/mol. The number of nitrogens with zero attached hydrogens (tertiary/aromatic N) is 5. The molecule has 128 valence electrons. The molecule has 1 aliphatic carbocycles. The van der Waals surface area contributed by atoms with Crippen LogP contribution in [0.1, 0.15) is 20.3 Å². The summed E-state index contributed by atoms with van der Waals surface area (Å²) in [4.78, 5) is 20.9. The number of nitrogens with one attached hydrogen (secondary N) is 1. The number of aliphatic imine (C=N–C) groups is 1. The summed E-state index contributed by atoms with van der Waals surface area (Å²) in [5.41, 5.74) is 0.866. The SMILES string of the molecule is CCN=C(NC1CC1C)N1CCN(c2cnn(C)c2)C(=O)C1.I. The monoisotopic (exact) mass is 432 g/mol. The van der Waals surface area contributed by atoms with Gasteiger partial charge in [-0.3, -0.25) is 14.5 Å². The fraction of sp³-hybridized carbons (Fsp3) is 0.667. The van der Waals surface area contributed by atoms with E-state index in [0.29, 0.717) is 25.0 Å². The Morgan fingerprint density at radius 2 is 2.22 bits per heavy atom. The van der Waals surface area contributed by atoms with Gasteiger partial charge in [0.25, 0.3) is 0 Å². The molecule has 1 N–H and O–H groups in total. The van der Waals surface area contributed by atoms with Crippen LogP contribution in [-0.4, -0.2) is 58.8 Å². The van der Waals surface area contributed by atoms with Crippen LogP contribution >= 0.6 is 24.0 Å². The van der Waals surface area contributed by atoms with Crippen LogP contribution in [-0.2, 0) is 11.8 Å². The Bertz CT molecular complexity index is 586. The molecule has 2 aliphatic rings. The Kier molecular flexibility index (Phi) is 5.88. The van der Waals surface area contributed by atoms with Gasteiger partial charge in [0.1, 0.15) is 6.54 Å². The lowest BCUT2D eigenvalue weighted by Gasteiger charge is -2.35. The molecule has 1 saturated carbocycles. The minimum absolute atomic E-state index is 0. The molecule has 0 bridgehead atoms. The molecule has 2 unspecified atom stereocenters. The van der Waals surface area contributed by atoms with E-state index in [1.54, 1.807) is 15.8 Å². The molecule has 1 amide bonds. The van der Waals surface area contributed by atoms with E-state index in [4.69, 9.17) is 0 Å². The van der Waals surface area contributed by atoms with Gasteiger partial charge in [0.15, 0.2) is 5.96 Å². The van der Waals surface area contributed by atoms with Crippen molar-refractivity contribution in [3.05, 3.63) is 12.4 Å². The second-order valence-corrected chi connectivity index (χ2v) is 6.10. The van der Waals surface area contributed by atoms with Gasteiger partial charge in [-0.1, -0.05) is 6.92 Å². The van der Waals surface area contributed by atoms with Crippen LogP contribution in [0.2, 0.25) is 0 Å². The molecule has 3 rings (SSSR count). The van der Waals surface area contributed by atoms with Crippen LogP contribution in [0.25, 0.3) is 0 Å². The van der Waals surface area contributed by atoms with Crippen molar-refractivity contribution in [2.75, 3.05) is 31.1 Å². The van der Waals surface area contributed by atoms with Crippen LogP contribution in [0, 0.1) is 5.92 Å². The molecule has 2 atom stereocenters. The van der Waals surface area contributed by atoms with E-state index in [9.17, 15) is 4.79 Å². The van der Waals surface area contributed by atoms with Gasteiger partial charge in [0, 0.05) is 38.9 Å². The summed E-state index contributed by atoms with van der Waals surface area (Å²) in [6.07, 6.45) is 4.80. The number of halogens is 1. The van der Waals surface area contributed by atoms with E-state index in [2.05, 4.69) is 27.2 Å². The Hall–Kier alpha value is -1.32. The summed E-state index contributed by atoms with van der Waals surface area (Å²) in [7, 11) is 1.86. The molecule has 1 aliphatic heterocycles. The maximum absolute atomic E-state index is 12.5. The molecule has 0 radical (unpaired) electrons. The van der Waals surface area contributed by atoms with Crippen molar-refractivity contribution in [2.45, 2.75) is 26.3 Å². The van der Waals surface area contributed by atoms with Crippen molar-refractivity contribution in [3.8, 4) is 0 Å². The first-order valence-electron chi connectivity index (χ1n) is 7.93. The van der Waals surface area contributed by atoms with E-state index in [1.807, 2.05) is 20.2 Å². The highest BCUT2D eigenvalue weighted by atomic mass is 127. The number of rotatable bonds is 3. The average Bonchev–Trinajstić information content (AvgIpc) is 3.00. The lowest BCUT2D eigenvalue weighted by Crippen LogP contribution is -2.55. The Labute approximate surface area is 154 Å². The number of carbonyl (C=O) groups is 1. The van der Waals surface area contributed by atoms with Gasteiger partial charge in [-0.15, -0.1) is 24.0 Å². The highest BCUT2D eigenvalue weighted by molar-refractivity contribution is 14.0. The highest BCUT2D eigenvalue weighted by Gasteiger charge is 2.35. The van der Waals surface area contributed by atoms with E-state index in [0.717, 1.165) is 24.7 Å². The smallest absolute Gasteiger partial charge is 0.246 e. The van der Waals surface area contributed by atoms with E-state index < -0.39 is 0 Å². The van der Waals surface area contributed by atoms with Gasteiger partial charge in [0.2, 0.25) is 5.91 Å². The summed E-state index contributed by atoms with van der Waals surface area (Å²) in [5, 5.41) is 7.62. The number of carbonyl (C=O) groups excluding carboxylic acids is 1. The normalized spacial score (nSPS) is 24.5. The van der Waals surface area contributed by atoms with E-state index in [1.165, 1.54) is 6.42 Å². The topological polar surface area (TPSA) is 65.8 Å². The molecule has 7 nitrogen and oxygen atoms in total. The molecule has 8 heteroatoms. The molecule has 0 spiro atoms. The van der Waals surface area contributed by atoms with Crippen LogP contribution < -0.4 is 10.2 Å². The Morgan fingerprint density at radius 1 is 1.48 bits per heavy atom. The number of hydrogen-bond donors (Lipinski definition) is 1. The minimum atomic E-state index is 0. The standard InChI is InChI=1S/C15H24N6O.HI/c1-4-16-15(18-13-7-11(13)2)20-5-6-21(14(22)10-20)12-8-17-19(3)9-12;/h8-9,11,13H,4-7,10H2,1-3H3,(H,16,18);1H. The maximum Gasteiger partial charge on any atom is 0.246 e. The molecule has 23 heavy (non-hydrogen) atoms. The summed E-state index contributed by atoms with van der Waals surface area (Å²) in [6, 6.07) is 0.511. The number of aryl methyl sites for hydroxylation is 1. The predicted octanol–water partition coefficient (Wildman–Crippen LogP) is 1.06. The zero-order valence-corrected chi connectivity index (χ0v) is 16.2. The van der Waals surface area contributed by atoms with Crippen LogP contribution in [0.4, 0.5) is 5.69 Å². The van der Waals surface area contributed by atoms with Crippen molar-refractivity contribution in [1.82, 2.24) is 20.0 Å². The predicted molar refractivity (Wildman–Crippen MR) is 101 cm³/mol. The van der Waals surface area contributed by atoms with Crippen molar-refractivity contribution in [3.63, 3.8) is 0 Å². The first-order valence-corrected chi connectivity index (χ1v) is 7.93. The summed E-state index contributed by atoms with van der Waals surface area (Å²) < 4.78 is 1.72. The van der Waals surface area contributed by atoms with Crippen molar-refractivity contribution >= 4 is 41.5 Å². The number of aromatic nitrogens is 2. The quantitative estimate of drug-likeness (QED) is 0.441. The fourth-order valence-corrected chi connectivity index (χ4v) is 2.75. The number of hydrogen-bond acceptors (Lipinski definition) is 3. The van der Waals surface area contributed by atoms with Gasteiger partial charge in [-0.25, -0.2) is 0 Å². The summed E-state index contributed by atoms with van der Waals surface area (Å²) in [5.74, 6) is 1.67. The fourth-order valence-electron chi connectivity index (χ4n) is 2.75. The summed E-state index contributed by atoms with van der Waals surface area (Å²) >= 11 is 0. The molecule has 1 saturated heterocycles. The Balaban J connectivity index is 0.00000192. The average molecular weight is 432 g/mol. The van der Waals surface area contributed by atoms with Gasteiger partial charge in [-0.05, 0) is 19.3 Å². The van der Waals surface area contributed by atoms with Crippen LogP contribution in [0.3, 0.4) is 0 Å². The van der Waals surface area contributed by atoms with Crippen LogP contribution in [0.15, 0.2) is 17.4 Å². The second kappa shape index (κ2) is 7.50. The zero-order valence-electron chi connectivity index (χ0n) is 13.9. The van der Waals surface area contributed by atoms with Gasteiger partial charge < -0.3 is 15.1 Å². The second-order valence-electron chi connectivity index (χ2n) is 6.10. The first-order chi connectivity index (χ1) is 10.6. The number of anilines is 1. The maximum atomic E-state index is 12.5. The van der Waals surface area contributed by atoms with Crippen molar-refractivity contribution < 1.29 is 4.79 Å². The minimum Gasteiger partial charge on any atom is -0.353 e. The first kappa shape index (κ1) is 18.0. The number of amides is 1. The zero-order chi connectivity index (χ0) is 15.7. The highest BCUT2D eigenvalue weighted by Crippen LogP contribution is 2.29. The third-order valence-corrected chi connectivity index (χ3v) is 4.26. The van der Waals surface area contributed by atoms with E-state index >= 15 is 0 Å². The lowest BCUT2D eigenvalue weighted by molar-refractivity contribution is -0.120. The van der Waals surface area contributed by atoms with E-state index in [-0.39, 0.29) is 29.9 Å². The van der Waals surface area contributed by atoms with Gasteiger partial charge >= 0.3 is 0 Å². The van der Waals surface area contributed by atoms with Crippen LogP contribution in [0.5, 0.6) is 0 Å². The number of piperazine rings is 1. The third kappa shape index (κ3) is 4.15. The Morgan fingerprint density at radius 3 is 2.74 bits per heavy atom. The number of guanidine groups is 1.